The third kappa shape index (κ3) is 10.5. The predicted molar refractivity (Wildman–Crippen MR) is 239 cm³/mol. The highest BCUT2D eigenvalue weighted by Gasteiger charge is 2.54. The standard InChI is InChI=1S/C47H48FNO22S/c48-21-12-9-18(10-13-21)26(68-47-36(58)30(52)33(55)39(71-47)44(64)65)17-72-40-27(49(41(40)59)22-6-2-1-3-7-22)24-14-11-20(16-25(24)67-46-35(57)29(51)32(54)38(70-46)43(62)63)19-5-4-8-23(15-19)66-45-34(56)28(50)31(53)37(69-45)42(60)61/h1-16,26-40,45-47,50-58H,17H2,(H,60,61)(H,62,63)(H,64,65)/t26-,27+,28?,29?,30-,31?,32?,33+,34?,35?,36?,37?,38?,39?,40+,45+,46+,47+/m0/s1. The van der Waals surface area contributed by atoms with E-state index in [0.29, 0.717) is 16.8 Å². The highest BCUT2D eigenvalue weighted by atomic mass is 32.2. The van der Waals surface area contributed by atoms with Gasteiger partial charge in [0, 0.05) is 17.0 Å². The second-order valence-electron chi connectivity index (χ2n) is 17.1. The molecule has 10 unspecified atom stereocenters. The molecule has 18 atom stereocenters. The van der Waals surface area contributed by atoms with Gasteiger partial charge in [0.25, 0.3) is 0 Å². The lowest BCUT2D eigenvalue weighted by Crippen LogP contribution is -2.61. The molecular weight excluding hydrogens is 982 g/mol. The quantitative estimate of drug-likeness (QED) is 0.0591. The zero-order chi connectivity index (χ0) is 51.9. The lowest BCUT2D eigenvalue weighted by molar-refractivity contribution is -0.303. The van der Waals surface area contributed by atoms with Crippen LogP contribution in [-0.4, -0.2) is 188 Å². The average molecular weight is 1030 g/mol. The number of para-hydroxylation sites is 1. The van der Waals surface area contributed by atoms with E-state index in [2.05, 4.69) is 0 Å². The molecule has 4 aliphatic heterocycles. The molecule has 25 heteroatoms. The van der Waals surface area contributed by atoms with E-state index in [9.17, 15) is 84.8 Å². The number of halogens is 1. The Balaban J connectivity index is 1.16. The number of carboxylic acids is 3. The molecule has 0 spiro atoms. The number of β-lactam (4-membered cyclic amide) rings is 1. The van der Waals surface area contributed by atoms with Crippen LogP contribution in [0.4, 0.5) is 10.1 Å². The highest BCUT2D eigenvalue weighted by molar-refractivity contribution is 8.00. The third-order valence-electron chi connectivity index (χ3n) is 12.5. The van der Waals surface area contributed by atoms with E-state index in [-0.39, 0.29) is 28.4 Å². The first kappa shape index (κ1) is 52.4. The van der Waals surface area contributed by atoms with Gasteiger partial charge in [-0.05, 0) is 59.2 Å². The summed E-state index contributed by atoms with van der Waals surface area (Å²) in [6.45, 7) is 0. The van der Waals surface area contributed by atoms with E-state index in [1.54, 1.807) is 42.5 Å². The number of aliphatic carboxylic acids is 3. The molecule has 0 bridgehead atoms. The number of aliphatic hydroxyl groups is 9. The number of thioether (sulfide) groups is 1. The van der Waals surface area contributed by atoms with Crippen LogP contribution in [0.2, 0.25) is 0 Å². The van der Waals surface area contributed by atoms with Crippen molar-refractivity contribution in [1.82, 2.24) is 0 Å². The van der Waals surface area contributed by atoms with E-state index in [4.69, 9.17) is 28.4 Å². The fourth-order valence-electron chi connectivity index (χ4n) is 8.58. The van der Waals surface area contributed by atoms with Crippen LogP contribution in [0.25, 0.3) is 11.1 Å². The molecule has 0 saturated carbocycles. The maximum atomic E-state index is 14.4. The Morgan fingerprint density at radius 1 is 0.583 bits per heavy atom. The number of carbonyl (C=O) groups excluding carboxylic acids is 1. The summed E-state index contributed by atoms with van der Waals surface area (Å²) in [5, 5.41) is 123. The van der Waals surface area contributed by atoms with Crippen molar-refractivity contribution in [3.63, 3.8) is 0 Å². The molecule has 0 aromatic heterocycles. The molecule has 4 aromatic carbocycles. The number of benzene rings is 4. The van der Waals surface area contributed by atoms with Gasteiger partial charge in [-0.15, -0.1) is 11.8 Å². The third-order valence-corrected chi connectivity index (χ3v) is 13.8. The summed E-state index contributed by atoms with van der Waals surface area (Å²) in [6.07, 6.45) is -31.1. The van der Waals surface area contributed by atoms with Gasteiger partial charge in [0.1, 0.15) is 77.5 Å². The Kier molecular flexibility index (Phi) is 15.8. The zero-order valence-corrected chi connectivity index (χ0v) is 37.8. The van der Waals surface area contributed by atoms with Crippen LogP contribution >= 0.6 is 11.8 Å². The van der Waals surface area contributed by atoms with E-state index in [1.807, 2.05) is 0 Å². The maximum absolute atomic E-state index is 14.4. The van der Waals surface area contributed by atoms with Crippen molar-refractivity contribution in [2.24, 2.45) is 0 Å². The van der Waals surface area contributed by atoms with E-state index in [1.165, 1.54) is 47.4 Å². The van der Waals surface area contributed by atoms with Crippen LogP contribution < -0.4 is 14.4 Å². The molecule has 0 radical (unpaired) electrons. The second kappa shape index (κ2) is 21.7. The molecule has 8 rings (SSSR count). The maximum Gasteiger partial charge on any atom is 0.335 e. The summed E-state index contributed by atoms with van der Waals surface area (Å²) in [6, 6.07) is 22.5. The van der Waals surface area contributed by atoms with Crippen molar-refractivity contribution < 1.29 is 113 Å². The predicted octanol–water partition coefficient (Wildman–Crippen LogP) is -1.13. The van der Waals surface area contributed by atoms with E-state index < -0.39 is 139 Å². The second-order valence-corrected chi connectivity index (χ2v) is 18.3. The van der Waals surface area contributed by atoms with Crippen molar-refractivity contribution >= 4 is 41.3 Å². The Morgan fingerprint density at radius 2 is 1.10 bits per heavy atom. The van der Waals surface area contributed by atoms with Crippen molar-refractivity contribution in [2.75, 3.05) is 10.7 Å². The molecule has 4 heterocycles. The molecule has 4 aromatic rings. The minimum absolute atomic E-state index is 0.0344. The summed E-state index contributed by atoms with van der Waals surface area (Å²) in [5.41, 5.74) is 1.46. The van der Waals surface area contributed by atoms with Gasteiger partial charge >= 0.3 is 17.9 Å². The fraction of sp³-hybridized carbons (Fsp3) is 0.404. The van der Waals surface area contributed by atoms with Gasteiger partial charge in [-0.1, -0.05) is 54.6 Å². The van der Waals surface area contributed by atoms with Crippen LogP contribution in [0, 0.1) is 5.82 Å². The number of carbonyl (C=O) groups is 4. The van der Waals surface area contributed by atoms with Gasteiger partial charge in [0.2, 0.25) is 18.5 Å². The summed E-state index contributed by atoms with van der Waals surface area (Å²) in [5.74, 6) is -6.56. The molecular formula is C47H48FNO22S. The molecule has 4 aliphatic rings. The Morgan fingerprint density at radius 3 is 1.65 bits per heavy atom. The number of ether oxygens (including phenoxy) is 6. The molecule has 386 valence electrons. The first-order chi connectivity index (χ1) is 34.2. The number of rotatable bonds is 16. The first-order valence-electron chi connectivity index (χ1n) is 22.0. The number of carboxylic acid groups (broad SMARTS) is 3. The minimum atomic E-state index is -2.09. The molecule has 4 saturated heterocycles. The van der Waals surface area contributed by atoms with Crippen molar-refractivity contribution in [3.8, 4) is 22.6 Å². The van der Waals surface area contributed by atoms with Crippen molar-refractivity contribution in [1.29, 1.82) is 0 Å². The number of anilines is 1. The van der Waals surface area contributed by atoms with E-state index >= 15 is 0 Å². The Bertz CT molecular complexity index is 2600. The lowest BCUT2D eigenvalue weighted by atomic mass is 9.90. The van der Waals surface area contributed by atoms with Crippen LogP contribution in [0.5, 0.6) is 11.5 Å². The Hall–Kier alpha value is -5.88. The zero-order valence-electron chi connectivity index (χ0n) is 37.0. The number of amides is 1. The molecule has 12 N–H and O–H groups in total. The molecule has 72 heavy (non-hydrogen) atoms. The SMILES string of the molecule is O=C(O)C1O[C@@H](Oc2cccc(-c3ccc([C@@H]4[C@@H](SC[C@H](O[C@@H]5OC(C(=O)O)[C@H](O)[C@H](O)C5O)c5ccc(F)cc5)C(=O)N4c4ccccc4)c(O[C@@H]4OC(C(=O)O)C(O)C(O)C4O)c3)c2)C(O)C(O)C1O. The largest absolute Gasteiger partial charge is 0.479 e. The molecule has 4 fully saturated rings. The summed E-state index contributed by atoms with van der Waals surface area (Å²) >= 11 is 0.978. The Labute approximate surface area is 410 Å². The first-order valence-corrected chi connectivity index (χ1v) is 23.1. The number of hydrogen-bond acceptors (Lipinski definition) is 20. The van der Waals surface area contributed by atoms with Crippen LogP contribution in [-0.2, 0) is 38.1 Å². The van der Waals surface area contributed by atoms with Gasteiger partial charge < -0.3 is 94.6 Å². The van der Waals surface area contributed by atoms with Gasteiger partial charge in [-0.2, -0.15) is 0 Å². The number of hydrogen-bond donors (Lipinski definition) is 12. The van der Waals surface area contributed by atoms with Gasteiger partial charge in [-0.3, -0.25) is 4.79 Å². The fourth-order valence-corrected chi connectivity index (χ4v) is 9.94. The van der Waals surface area contributed by atoms with Crippen LogP contribution in [0.3, 0.4) is 0 Å². The van der Waals surface area contributed by atoms with Gasteiger partial charge in [0.05, 0.1) is 12.1 Å². The highest BCUT2D eigenvalue weighted by Crippen LogP contribution is 2.50. The topological polar surface area (TPSA) is 370 Å². The van der Waals surface area contributed by atoms with Gasteiger partial charge in [0.15, 0.2) is 24.6 Å². The minimum Gasteiger partial charge on any atom is -0.479 e. The lowest BCUT2D eigenvalue weighted by Gasteiger charge is -2.48. The average Bonchev–Trinajstić information content (AvgIpc) is 3.36. The summed E-state index contributed by atoms with van der Waals surface area (Å²) < 4.78 is 48.4. The van der Waals surface area contributed by atoms with E-state index in [0.717, 1.165) is 23.9 Å². The molecule has 23 nitrogen and oxygen atoms in total. The monoisotopic (exact) mass is 1030 g/mol. The van der Waals surface area contributed by atoms with Crippen LogP contribution in [0.15, 0.2) is 97.1 Å². The van der Waals surface area contributed by atoms with Crippen LogP contribution in [0.1, 0.15) is 23.3 Å². The van der Waals surface area contributed by atoms with Crippen molar-refractivity contribution in [2.45, 2.75) is 110 Å². The number of aliphatic hydroxyl groups excluding tert-OH is 9. The smallest absolute Gasteiger partial charge is 0.335 e. The number of nitrogens with zero attached hydrogens (tertiary/aromatic N) is 1. The summed E-state index contributed by atoms with van der Waals surface area (Å²) in [7, 11) is 0. The summed E-state index contributed by atoms with van der Waals surface area (Å²) in [4.78, 5) is 51.6. The van der Waals surface area contributed by atoms with Gasteiger partial charge in [-0.25, -0.2) is 18.8 Å². The molecule has 1 amide bonds. The molecule has 0 aliphatic carbocycles. The van der Waals surface area contributed by atoms with Crippen molar-refractivity contribution in [3.05, 3.63) is 114 Å². The normalized spacial score (nSPS) is 34.1.